The van der Waals surface area contributed by atoms with Crippen molar-refractivity contribution in [2.75, 3.05) is 25.7 Å². The molecule has 2 rings (SSSR count). The Labute approximate surface area is 127 Å². The Hall–Kier alpha value is -1.12. The second-order valence-corrected chi connectivity index (χ2v) is 7.79. The molecule has 0 saturated carbocycles. The summed E-state index contributed by atoms with van der Waals surface area (Å²) in [5.74, 6) is 0.0639. The number of nitrogens with zero attached hydrogens (tertiary/aromatic N) is 1. The molecule has 116 valence electrons. The van der Waals surface area contributed by atoms with E-state index in [0.717, 1.165) is 37.5 Å². The number of rotatable bonds is 4. The van der Waals surface area contributed by atoms with E-state index < -0.39 is 21.8 Å². The molecule has 8 heteroatoms. The molecule has 1 unspecified atom stereocenters. The molecule has 0 spiro atoms. The smallest absolute Gasteiger partial charge is 0.339 e. The van der Waals surface area contributed by atoms with E-state index in [1.807, 2.05) is 0 Å². The van der Waals surface area contributed by atoms with Crippen LogP contribution in [0.2, 0.25) is 0 Å². The van der Waals surface area contributed by atoms with Gasteiger partial charge >= 0.3 is 5.97 Å². The third-order valence-electron chi connectivity index (χ3n) is 3.43. The summed E-state index contributed by atoms with van der Waals surface area (Å²) in [7, 11) is -1.34. The lowest BCUT2D eigenvalue weighted by Crippen LogP contribution is -2.37. The van der Waals surface area contributed by atoms with Gasteiger partial charge in [-0.15, -0.1) is 0 Å². The minimum atomic E-state index is -3.95. The second kappa shape index (κ2) is 6.33. The summed E-state index contributed by atoms with van der Waals surface area (Å²) in [6.07, 6.45) is 0.739. The molecule has 1 aromatic carbocycles. The molecule has 0 aliphatic carbocycles. The molecule has 1 aliphatic rings. The number of benzene rings is 1. The van der Waals surface area contributed by atoms with E-state index in [1.165, 1.54) is 11.4 Å². The summed E-state index contributed by atoms with van der Waals surface area (Å²) < 4.78 is 44.5. The van der Waals surface area contributed by atoms with Gasteiger partial charge in [0.25, 0.3) is 0 Å². The summed E-state index contributed by atoms with van der Waals surface area (Å²) in [6, 6.07) is 2.89. The Morgan fingerprint density at radius 1 is 1.48 bits per heavy atom. The number of sulfonamides is 1. The van der Waals surface area contributed by atoms with E-state index in [9.17, 15) is 17.6 Å². The number of thioether (sulfide) groups is 1. The first kappa shape index (κ1) is 16.3. The number of halogens is 1. The molecule has 1 atom stereocenters. The number of carbonyl (C=O) groups excluding carboxylic acids is 1. The fourth-order valence-electron chi connectivity index (χ4n) is 2.15. The first-order valence-electron chi connectivity index (χ1n) is 6.31. The Balaban J connectivity index is 2.47. The summed E-state index contributed by atoms with van der Waals surface area (Å²) >= 11 is 1.67. The van der Waals surface area contributed by atoms with Crippen LogP contribution in [0, 0.1) is 5.82 Å². The zero-order valence-electron chi connectivity index (χ0n) is 11.7. The molecule has 5 nitrogen and oxygen atoms in total. The molecule has 0 amide bonds. The van der Waals surface area contributed by atoms with Crippen LogP contribution in [-0.2, 0) is 14.8 Å². The first-order chi connectivity index (χ1) is 9.87. The zero-order chi connectivity index (χ0) is 15.6. The summed E-state index contributed by atoms with van der Waals surface area (Å²) in [5, 5.41) is 0. The topological polar surface area (TPSA) is 63.7 Å². The lowest BCUT2D eigenvalue weighted by molar-refractivity contribution is 0.0596. The van der Waals surface area contributed by atoms with Crippen LogP contribution in [-0.4, -0.2) is 50.4 Å². The van der Waals surface area contributed by atoms with Crippen molar-refractivity contribution in [1.82, 2.24) is 4.31 Å². The minimum Gasteiger partial charge on any atom is -0.465 e. The summed E-state index contributed by atoms with van der Waals surface area (Å²) in [5.41, 5.74) is -0.156. The second-order valence-electron chi connectivity index (χ2n) is 4.67. The van der Waals surface area contributed by atoms with Crippen molar-refractivity contribution >= 4 is 27.8 Å². The van der Waals surface area contributed by atoms with Gasteiger partial charge < -0.3 is 4.74 Å². The quantitative estimate of drug-likeness (QED) is 0.786. The van der Waals surface area contributed by atoms with Gasteiger partial charge in [-0.2, -0.15) is 16.1 Å². The molecule has 0 N–H and O–H groups in total. The van der Waals surface area contributed by atoms with Gasteiger partial charge in [-0.1, -0.05) is 0 Å². The van der Waals surface area contributed by atoms with E-state index in [0.29, 0.717) is 5.75 Å². The van der Waals surface area contributed by atoms with E-state index in [1.54, 1.807) is 11.8 Å². The highest BCUT2D eigenvalue weighted by Crippen LogP contribution is 2.28. The van der Waals surface area contributed by atoms with Crippen molar-refractivity contribution in [2.45, 2.75) is 17.4 Å². The van der Waals surface area contributed by atoms with Crippen molar-refractivity contribution in [1.29, 1.82) is 0 Å². The first-order valence-corrected chi connectivity index (χ1v) is 8.91. The van der Waals surface area contributed by atoms with Crippen molar-refractivity contribution in [3.63, 3.8) is 0 Å². The number of carbonyl (C=O) groups is 1. The highest BCUT2D eigenvalue weighted by Gasteiger charge is 2.33. The maximum Gasteiger partial charge on any atom is 0.339 e. The Morgan fingerprint density at radius 2 is 2.19 bits per heavy atom. The van der Waals surface area contributed by atoms with Crippen LogP contribution < -0.4 is 0 Å². The van der Waals surface area contributed by atoms with Crippen molar-refractivity contribution in [3.05, 3.63) is 29.6 Å². The maximum absolute atomic E-state index is 13.4. The molecule has 0 aromatic heterocycles. The van der Waals surface area contributed by atoms with Gasteiger partial charge in [0.15, 0.2) is 0 Å². The Bertz CT molecular complexity index is 642. The van der Waals surface area contributed by atoms with E-state index >= 15 is 0 Å². The van der Waals surface area contributed by atoms with E-state index in [2.05, 4.69) is 4.74 Å². The number of hydrogen-bond acceptors (Lipinski definition) is 5. The van der Waals surface area contributed by atoms with Crippen LogP contribution in [0.3, 0.4) is 0 Å². The monoisotopic (exact) mass is 333 g/mol. The number of methoxy groups -OCH3 is 1. The molecule has 1 aromatic rings. The fraction of sp³-hybridized carbons (Fsp3) is 0.462. The lowest BCUT2D eigenvalue weighted by Gasteiger charge is -2.24. The minimum absolute atomic E-state index is 0.145. The molecule has 0 bridgehead atoms. The van der Waals surface area contributed by atoms with Gasteiger partial charge in [0.2, 0.25) is 10.0 Å². The average Bonchev–Trinajstić information content (AvgIpc) is 2.99. The molecular formula is C13H16FNO4S2. The van der Waals surface area contributed by atoms with Gasteiger partial charge in [-0.3, -0.25) is 0 Å². The van der Waals surface area contributed by atoms with Crippen molar-refractivity contribution in [2.24, 2.45) is 0 Å². The Morgan fingerprint density at radius 3 is 2.76 bits per heavy atom. The molecule has 1 heterocycles. The zero-order valence-corrected chi connectivity index (χ0v) is 13.3. The molecule has 1 aliphatic heterocycles. The van der Waals surface area contributed by atoms with Gasteiger partial charge in [-0.25, -0.2) is 17.6 Å². The van der Waals surface area contributed by atoms with E-state index in [4.69, 9.17) is 0 Å². The summed E-state index contributed by atoms with van der Waals surface area (Å²) in [4.78, 5) is 11.4. The normalized spacial score (nSPS) is 19.0. The van der Waals surface area contributed by atoms with Crippen molar-refractivity contribution < 1.29 is 22.3 Å². The lowest BCUT2D eigenvalue weighted by atomic mass is 10.2. The molecule has 1 saturated heterocycles. The molecule has 0 radical (unpaired) electrons. The highest BCUT2D eigenvalue weighted by molar-refractivity contribution is 7.99. The van der Waals surface area contributed by atoms with Crippen LogP contribution in [0.5, 0.6) is 0 Å². The SMILES string of the molecule is COC(=O)c1ccc(F)cc1S(=O)(=O)N(C)C1CCSC1. The number of esters is 1. The van der Waals surface area contributed by atoms with Gasteiger partial charge in [0.05, 0.1) is 17.6 Å². The standard InChI is InChI=1S/C13H16FNO4S2/c1-15(10-5-6-20-8-10)21(17,18)12-7-9(14)3-4-11(12)13(16)19-2/h3-4,7,10H,5-6,8H2,1-2H3. The van der Waals surface area contributed by atoms with E-state index in [-0.39, 0.29) is 16.5 Å². The van der Waals surface area contributed by atoms with Crippen LogP contribution in [0.1, 0.15) is 16.8 Å². The number of hydrogen-bond donors (Lipinski definition) is 0. The number of ether oxygens (including phenoxy) is 1. The molecule has 1 fully saturated rings. The van der Waals surface area contributed by atoms with Crippen LogP contribution in [0.15, 0.2) is 23.1 Å². The third-order valence-corrected chi connectivity index (χ3v) is 6.52. The fourth-order valence-corrected chi connectivity index (χ4v) is 5.08. The van der Waals surface area contributed by atoms with Crippen LogP contribution in [0.4, 0.5) is 4.39 Å². The van der Waals surface area contributed by atoms with Gasteiger partial charge in [0.1, 0.15) is 5.82 Å². The van der Waals surface area contributed by atoms with Crippen LogP contribution in [0.25, 0.3) is 0 Å². The molecular weight excluding hydrogens is 317 g/mol. The van der Waals surface area contributed by atoms with Crippen molar-refractivity contribution in [3.8, 4) is 0 Å². The predicted octanol–water partition coefficient (Wildman–Crippen LogP) is 1.74. The maximum atomic E-state index is 13.4. The molecule has 21 heavy (non-hydrogen) atoms. The van der Waals surface area contributed by atoms with Crippen LogP contribution >= 0.6 is 11.8 Å². The third kappa shape index (κ3) is 3.22. The summed E-state index contributed by atoms with van der Waals surface area (Å²) in [6.45, 7) is 0. The van der Waals surface area contributed by atoms with Gasteiger partial charge in [0, 0.05) is 18.8 Å². The average molecular weight is 333 g/mol. The van der Waals surface area contributed by atoms with Gasteiger partial charge in [-0.05, 0) is 30.4 Å². The Kier molecular flexibility index (Phi) is 4.90. The predicted molar refractivity (Wildman–Crippen MR) is 78.4 cm³/mol. The largest absolute Gasteiger partial charge is 0.465 e. The highest BCUT2D eigenvalue weighted by atomic mass is 32.2.